The van der Waals surface area contributed by atoms with Crippen molar-refractivity contribution in [1.82, 2.24) is 4.57 Å². The van der Waals surface area contributed by atoms with Crippen molar-refractivity contribution in [2.75, 3.05) is 11.1 Å². The molecule has 10 heteroatoms. The summed E-state index contributed by atoms with van der Waals surface area (Å²) < 4.78 is 6.98. The third-order valence-electron chi connectivity index (χ3n) is 4.26. The molecule has 0 aliphatic heterocycles. The van der Waals surface area contributed by atoms with Crippen LogP contribution in [0.3, 0.4) is 0 Å². The fourth-order valence-electron chi connectivity index (χ4n) is 2.91. The van der Waals surface area contributed by atoms with Crippen molar-refractivity contribution in [3.8, 4) is 0 Å². The summed E-state index contributed by atoms with van der Waals surface area (Å²) in [5.41, 5.74) is 0.231. The van der Waals surface area contributed by atoms with Gasteiger partial charge < -0.3 is 9.73 Å². The van der Waals surface area contributed by atoms with Crippen LogP contribution < -0.4 is 15.9 Å². The first kappa shape index (κ1) is 21.0. The van der Waals surface area contributed by atoms with Crippen LogP contribution in [0.15, 0.2) is 57.0 Å². The van der Waals surface area contributed by atoms with Crippen molar-refractivity contribution in [2.45, 2.75) is 18.6 Å². The summed E-state index contributed by atoms with van der Waals surface area (Å²) in [5.74, 6) is 0.416. The molecule has 4 aromatic rings. The molecule has 1 amide bonds. The number of hydrogen-bond donors (Lipinski definition) is 1. The first-order valence-corrected chi connectivity index (χ1v) is 11.4. The summed E-state index contributed by atoms with van der Waals surface area (Å²) in [7, 11) is 0. The van der Waals surface area contributed by atoms with Crippen molar-refractivity contribution in [3.05, 3.63) is 73.7 Å². The first-order chi connectivity index (χ1) is 14.4. The minimum absolute atomic E-state index is 0.0610. The number of fused-ring (bicyclic) bond motifs is 1. The van der Waals surface area contributed by atoms with Crippen LogP contribution in [0.4, 0.5) is 5.69 Å². The maximum Gasteiger partial charge on any atom is 0.347 e. The summed E-state index contributed by atoms with van der Waals surface area (Å²) in [4.78, 5) is 30.7. The van der Waals surface area contributed by atoms with Crippen molar-refractivity contribution < 1.29 is 14.2 Å². The summed E-state index contributed by atoms with van der Waals surface area (Å²) in [6.07, 6.45) is 1.56. The van der Waals surface area contributed by atoms with E-state index in [1.165, 1.54) is 23.1 Å². The number of carbonyl (C=O) groups is 1. The number of aromatic nitrogens is 2. The number of carbonyl (C=O) groups excluding carboxylic acids is 1. The van der Waals surface area contributed by atoms with Gasteiger partial charge in [0.1, 0.15) is 11.1 Å². The molecule has 0 aliphatic carbocycles. The van der Waals surface area contributed by atoms with E-state index in [0.29, 0.717) is 32.0 Å². The molecule has 0 atom stereocenters. The highest BCUT2D eigenvalue weighted by Crippen LogP contribution is 2.30. The van der Waals surface area contributed by atoms with Gasteiger partial charge in [-0.2, -0.15) is 4.57 Å². The smallest absolute Gasteiger partial charge is 0.347 e. The number of aromatic amines is 1. The number of thioether (sulfide) groups is 1. The lowest BCUT2D eigenvalue weighted by atomic mass is 10.3. The van der Waals surface area contributed by atoms with Gasteiger partial charge in [-0.15, -0.1) is 0 Å². The van der Waals surface area contributed by atoms with Crippen LogP contribution in [0.5, 0.6) is 0 Å². The largest absolute Gasteiger partial charge is 0.465 e. The lowest BCUT2D eigenvalue weighted by Gasteiger charge is -2.09. The highest BCUT2D eigenvalue weighted by Gasteiger charge is 2.23. The van der Waals surface area contributed by atoms with E-state index in [0.717, 1.165) is 9.71 Å². The van der Waals surface area contributed by atoms with Gasteiger partial charge in [-0.3, -0.25) is 4.79 Å². The molecule has 4 rings (SSSR count). The Morgan fingerprint density at radius 2 is 2.03 bits per heavy atom. The van der Waals surface area contributed by atoms with Crippen LogP contribution in [0.1, 0.15) is 10.6 Å². The zero-order chi connectivity index (χ0) is 21.3. The van der Waals surface area contributed by atoms with Gasteiger partial charge in [-0.25, -0.2) is 9.78 Å². The zero-order valence-electron chi connectivity index (χ0n) is 15.7. The van der Waals surface area contributed by atoms with Crippen LogP contribution in [0.2, 0.25) is 10.0 Å². The van der Waals surface area contributed by atoms with E-state index < -0.39 is 0 Å². The van der Waals surface area contributed by atoms with E-state index >= 15 is 0 Å². The maximum atomic E-state index is 13.1. The average Bonchev–Trinajstić information content (AvgIpc) is 3.35. The standard InChI is InChI=1S/C20H15Cl2N3O3S2/c1-11-8-13-18(30-11)24-20(25(19(13)27)9-12-4-3-7-28-12)29-10-16(26)23-17-14(21)5-2-6-15(17)22/h2-8H,9-10H2,1H3,(H,23,26)/p+1. The van der Waals surface area contributed by atoms with Crippen LogP contribution in [-0.4, -0.2) is 16.2 Å². The number of halogens is 2. The Morgan fingerprint density at radius 3 is 2.73 bits per heavy atom. The van der Waals surface area contributed by atoms with Crippen molar-refractivity contribution in [2.24, 2.45) is 0 Å². The minimum Gasteiger partial charge on any atom is -0.465 e. The van der Waals surface area contributed by atoms with E-state index in [1.54, 1.807) is 41.2 Å². The van der Waals surface area contributed by atoms with Gasteiger partial charge in [0.15, 0.2) is 11.4 Å². The third-order valence-corrected chi connectivity index (χ3v) is 6.86. The monoisotopic (exact) mass is 480 g/mol. The molecule has 30 heavy (non-hydrogen) atoms. The molecule has 0 unspecified atom stereocenters. The Labute approximate surface area is 189 Å². The molecule has 0 fully saturated rings. The van der Waals surface area contributed by atoms with Crippen LogP contribution >= 0.6 is 46.3 Å². The molecule has 3 heterocycles. The molecule has 0 bridgehead atoms. The van der Waals surface area contributed by atoms with Crippen molar-refractivity contribution in [1.29, 1.82) is 0 Å². The maximum absolute atomic E-state index is 13.1. The second-order valence-corrected chi connectivity index (χ2v) is 9.47. The Balaban J connectivity index is 1.61. The summed E-state index contributed by atoms with van der Waals surface area (Å²) in [5, 5.41) is 4.62. The SMILES string of the molecule is Cc1cc2c(=O)n(Cc3ccco3)c(SCC(=O)Nc3c(Cl)cccc3Cl)[nH+]c2s1. The molecule has 0 saturated carbocycles. The van der Waals surface area contributed by atoms with Crippen LogP contribution in [0.25, 0.3) is 10.2 Å². The Kier molecular flexibility index (Phi) is 6.19. The number of nitrogens with zero attached hydrogens (tertiary/aromatic N) is 1. The molecular weight excluding hydrogens is 465 g/mol. The second kappa shape index (κ2) is 8.85. The lowest BCUT2D eigenvalue weighted by molar-refractivity contribution is -0.404. The predicted octanol–water partition coefficient (Wildman–Crippen LogP) is 4.86. The van der Waals surface area contributed by atoms with Gasteiger partial charge >= 0.3 is 10.7 Å². The molecule has 3 aromatic heterocycles. The molecule has 0 aliphatic rings. The predicted molar refractivity (Wildman–Crippen MR) is 121 cm³/mol. The Bertz CT molecular complexity index is 1260. The van der Waals surface area contributed by atoms with E-state index in [4.69, 9.17) is 27.6 Å². The normalized spacial score (nSPS) is 11.2. The quantitative estimate of drug-likeness (QED) is 0.315. The van der Waals surface area contributed by atoms with Gasteiger partial charge in [0.05, 0.1) is 27.7 Å². The van der Waals surface area contributed by atoms with Gasteiger partial charge in [-0.1, -0.05) is 40.6 Å². The number of thiophene rings is 1. The average molecular weight is 481 g/mol. The van der Waals surface area contributed by atoms with Crippen LogP contribution in [0, 0.1) is 6.92 Å². The molecule has 2 N–H and O–H groups in total. The highest BCUT2D eigenvalue weighted by atomic mass is 35.5. The Hall–Kier alpha value is -2.26. The van der Waals surface area contributed by atoms with Gasteiger partial charge in [0, 0.05) is 4.88 Å². The summed E-state index contributed by atoms with van der Waals surface area (Å²) in [6, 6.07) is 10.4. The van der Waals surface area contributed by atoms with E-state index in [1.807, 2.05) is 13.0 Å². The lowest BCUT2D eigenvalue weighted by Crippen LogP contribution is -2.30. The molecule has 0 spiro atoms. The van der Waals surface area contributed by atoms with Gasteiger partial charge in [0.25, 0.3) is 0 Å². The van der Waals surface area contributed by atoms with E-state index in [2.05, 4.69) is 10.3 Å². The number of hydrogen-bond acceptors (Lipinski definition) is 5. The van der Waals surface area contributed by atoms with Crippen molar-refractivity contribution in [3.63, 3.8) is 0 Å². The van der Waals surface area contributed by atoms with Crippen molar-refractivity contribution >= 4 is 68.1 Å². The first-order valence-electron chi connectivity index (χ1n) is 8.87. The number of para-hydroxylation sites is 1. The third kappa shape index (κ3) is 4.41. The Morgan fingerprint density at radius 1 is 1.27 bits per heavy atom. The number of aryl methyl sites for hydroxylation is 1. The molecule has 0 radical (unpaired) electrons. The van der Waals surface area contributed by atoms with E-state index in [9.17, 15) is 9.59 Å². The van der Waals surface area contributed by atoms with E-state index in [-0.39, 0.29) is 23.8 Å². The number of amides is 1. The van der Waals surface area contributed by atoms with Gasteiger partial charge in [-0.05, 0) is 49.0 Å². The molecule has 0 saturated heterocycles. The fraction of sp³-hybridized carbons (Fsp3) is 0.150. The zero-order valence-corrected chi connectivity index (χ0v) is 18.8. The summed E-state index contributed by atoms with van der Waals surface area (Å²) in [6.45, 7) is 2.20. The highest BCUT2D eigenvalue weighted by molar-refractivity contribution is 7.99. The number of H-pyrrole nitrogens is 1. The number of rotatable bonds is 6. The molecule has 6 nitrogen and oxygen atoms in total. The summed E-state index contributed by atoms with van der Waals surface area (Å²) >= 11 is 15.0. The van der Waals surface area contributed by atoms with Gasteiger partial charge in [0.2, 0.25) is 5.91 Å². The second-order valence-electron chi connectivity index (χ2n) is 6.43. The fourth-order valence-corrected chi connectivity index (χ4v) is 5.19. The molecule has 1 aromatic carbocycles. The molecule has 154 valence electrons. The van der Waals surface area contributed by atoms with Crippen LogP contribution in [-0.2, 0) is 11.3 Å². The number of nitrogens with one attached hydrogen (secondary N) is 2. The number of anilines is 1. The molecular formula is C20H16Cl2N3O3S2+. The number of furan rings is 1. The minimum atomic E-state index is -0.289. The topological polar surface area (TPSA) is 78.4 Å². The number of benzene rings is 1.